The van der Waals surface area contributed by atoms with E-state index in [1.54, 1.807) is 0 Å². The molecule has 140 valence electrons. The zero-order valence-electron chi connectivity index (χ0n) is 16.1. The molecule has 0 aliphatic carbocycles. The fourth-order valence-electron chi connectivity index (χ4n) is 3.09. The largest absolute Gasteiger partial charge is 0.378 e. The average Bonchev–Trinajstić information content (AvgIpc) is 2.88. The second kappa shape index (κ2) is 7.49. The smallest absolute Gasteiger partial charge is 0.154 e. The maximum absolute atomic E-state index is 6.29. The number of rotatable bonds is 3. The number of anilines is 1. The lowest BCUT2D eigenvalue weighted by atomic mass is 10.0. The van der Waals surface area contributed by atoms with Crippen molar-refractivity contribution < 1.29 is 0 Å². The number of aryl methyl sites for hydroxylation is 1. The van der Waals surface area contributed by atoms with E-state index in [0.717, 1.165) is 33.8 Å². The third-order valence-electron chi connectivity index (χ3n) is 4.70. The van der Waals surface area contributed by atoms with Crippen LogP contribution in [0.5, 0.6) is 0 Å². The van der Waals surface area contributed by atoms with Gasteiger partial charge in [0.05, 0.1) is 5.69 Å². The van der Waals surface area contributed by atoms with E-state index in [9.17, 15) is 0 Å². The van der Waals surface area contributed by atoms with Gasteiger partial charge in [-0.2, -0.15) is 5.10 Å². The maximum Gasteiger partial charge on any atom is 0.154 e. The second-order valence-electron chi connectivity index (χ2n) is 7.00. The van der Waals surface area contributed by atoms with Gasteiger partial charge in [0.2, 0.25) is 0 Å². The van der Waals surface area contributed by atoms with E-state index in [2.05, 4.69) is 53.6 Å². The van der Waals surface area contributed by atoms with Crippen molar-refractivity contribution in [2.24, 2.45) is 10.1 Å². The van der Waals surface area contributed by atoms with E-state index in [-0.39, 0.29) is 0 Å². The molecule has 3 aromatic carbocycles. The molecule has 0 atom stereocenters. The molecule has 0 aromatic heterocycles. The van der Waals surface area contributed by atoms with E-state index in [1.165, 1.54) is 5.56 Å². The standard InChI is InChI=1S/C23H21ClN4/c1-15-4-6-17(7-5-15)23-25-21-13-10-18(24)14-20(21)22(26-27-23)16-8-11-19(12-9-16)28(2)3/h4-14H,1-3H3,(H,25,27). The van der Waals surface area contributed by atoms with Crippen LogP contribution in [0.4, 0.5) is 11.4 Å². The van der Waals surface area contributed by atoms with Crippen molar-refractivity contribution in [2.75, 3.05) is 19.0 Å². The van der Waals surface area contributed by atoms with Gasteiger partial charge < -0.3 is 4.90 Å². The lowest BCUT2D eigenvalue weighted by Gasteiger charge is -2.13. The Hall–Kier alpha value is -3.11. The van der Waals surface area contributed by atoms with Crippen molar-refractivity contribution >= 4 is 34.5 Å². The molecule has 0 saturated heterocycles. The minimum absolute atomic E-state index is 0.658. The van der Waals surface area contributed by atoms with E-state index in [0.29, 0.717) is 10.9 Å². The highest BCUT2D eigenvalue weighted by atomic mass is 35.5. The van der Waals surface area contributed by atoms with E-state index in [4.69, 9.17) is 21.7 Å². The molecule has 1 aliphatic heterocycles. The van der Waals surface area contributed by atoms with Gasteiger partial charge >= 0.3 is 0 Å². The zero-order chi connectivity index (χ0) is 19.7. The quantitative estimate of drug-likeness (QED) is 0.674. The van der Waals surface area contributed by atoms with Crippen LogP contribution >= 0.6 is 11.6 Å². The molecular formula is C23H21ClN4. The van der Waals surface area contributed by atoms with Crippen LogP contribution in [-0.4, -0.2) is 25.6 Å². The van der Waals surface area contributed by atoms with Crippen molar-refractivity contribution in [1.29, 1.82) is 0 Å². The summed E-state index contributed by atoms with van der Waals surface area (Å²) in [4.78, 5) is 6.90. The minimum Gasteiger partial charge on any atom is -0.378 e. The molecule has 3 aromatic rings. The summed E-state index contributed by atoms with van der Waals surface area (Å²) in [5.74, 6) is 0.712. The highest BCUT2D eigenvalue weighted by Gasteiger charge is 2.18. The highest BCUT2D eigenvalue weighted by molar-refractivity contribution is 6.31. The van der Waals surface area contributed by atoms with Gasteiger partial charge in [-0.05, 0) is 37.3 Å². The summed E-state index contributed by atoms with van der Waals surface area (Å²) in [5.41, 5.74) is 10.0. The lowest BCUT2D eigenvalue weighted by molar-refractivity contribution is 1.03. The molecule has 0 spiro atoms. The predicted octanol–water partition coefficient (Wildman–Crippen LogP) is 5.15. The summed E-state index contributed by atoms with van der Waals surface area (Å²) in [6, 6.07) is 22.2. The number of hydrogen-bond acceptors (Lipinski definition) is 4. The number of halogens is 1. The number of fused-ring (bicyclic) bond motifs is 1. The summed E-state index contributed by atoms with van der Waals surface area (Å²) in [7, 11) is 4.05. The third-order valence-corrected chi connectivity index (χ3v) is 4.94. The van der Waals surface area contributed by atoms with Crippen LogP contribution < -0.4 is 10.3 Å². The average molecular weight is 389 g/mol. The fourth-order valence-corrected chi connectivity index (χ4v) is 3.26. The summed E-state index contributed by atoms with van der Waals surface area (Å²) in [6.07, 6.45) is 0. The van der Waals surface area contributed by atoms with Crippen molar-refractivity contribution in [2.45, 2.75) is 6.92 Å². The number of hydrogen-bond donors (Lipinski definition) is 1. The van der Waals surface area contributed by atoms with Gasteiger partial charge in [-0.1, -0.05) is 53.6 Å². The molecule has 28 heavy (non-hydrogen) atoms. The number of nitrogens with one attached hydrogen (secondary N) is 1. The van der Waals surface area contributed by atoms with Gasteiger partial charge in [0.1, 0.15) is 5.71 Å². The van der Waals surface area contributed by atoms with Crippen LogP contribution in [0, 0.1) is 6.92 Å². The van der Waals surface area contributed by atoms with Crippen molar-refractivity contribution in [3.05, 3.63) is 94.0 Å². The van der Waals surface area contributed by atoms with Gasteiger partial charge in [0, 0.05) is 41.5 Å². The van der Waals surface area contributed by atoms with Crippen LogP contribution in [-0.2, 0) is 0 Å². The highest BCUT2D eigenvalue weighted by Crippen LogP contribution is 2.29. The Morgan fingerprint density at radius 3 is 2.21 bits per heavy atom. The van der Waals surface area contributed by atoms with E-state index < -0.39 is 0 Å². The number of nitrogens with zero attached hydrogens (tertiary/aromatic N) is 3. The molecule has 0 amide bonds. The first-order chi connectivity index (χ1) is 13.5. The normalized spacial score (nSPS) is 13.0. The van der Waals surface area contributed by atoms with E-state index in [1.807, 2.05) is 44.4 Å². The summed E-state index contributed by atoms with van der Waals surface area (Å²) >= 11 is 6.29. The van der Waals surface area contributed by atoms with Gasteiger partial charge in [0.15, 0.2) is 5.84 Å². The van der Waals surface area contributed by atoms with Gasteiger partial charge in [-0.3, -0.25) is 5.43 Å². The van der Waals surface area contributed by atoms with Crippen LogP contribution in [0.3, 0.4) is 0 Å². The lowest BCUT2D eigenvalue weighted by Crippen LogP contribution is -2.19. The van der Waals surface area contributed by atoms with Gasteiger partial charge in [0.25, 0.3) is 0 Å². The second-order valence-corrected chi connectivity index (χ2v) is 7.44. The molecule has 0 fully saturated rings. The topological polar surface area (TPSA) is 40.0 Å². The molecule has 0 unspecified atom stereocenters. The molecular weight excluding hydrogens is 368 g/mol. The van der Waals surface area contributed by atoms with E-state index >= 15 is 0 Å². The molecule has 0 saturated carbocycles. The maximum atomic E-state index is 6.29. The summed E-state index contributed by atoms with van der Waals surface area (Å²) < 4.78 is 0. The third kappa shape index (κ3) is 3.64. The predicted molar refractivity (Wildman–Crippen MR) is 118 cm³/mol. The van der Waals surface area contributed by atoms with Crippen LogP contribution in [0.1, 0.15) is 22.3 Å². The molecule has 4 rings (SSSR count). The Morgan fingerprint density at radius 1 is 0.857 bits per heavy atom. The molecule has 5 heteroatoms. The van der Waals surface area contributed by atoms with Crippen molar-refractivity contribution in [1.82, 2.24) is 5.43 Å². The van der Waals surface area contributed by atoms with Crippen LogP contribution in [0.25, 0.3) is 0 Å². The zero-order valence-corrected chi connectivity index (χ0v) is 16.8. The molecule has 0 bridgehead atoms. The first-order valence-corrected chi connectivity index (χ1v) is 9.46. The molecule has 1 N–H and O–H groups in total. The molecule has 0 radical (unpaired) electrons. The van der Waals surface area contributed by atoms with Gasteiger partial charge in [-0.15, -0.1) is 0 Å². The molecule has 4 nitrogen and oxygen atoms in total. The number of hydrazone groups is 1. The number of benzene rings is 3. The van der Waals surface area contributed by atoms with Crippen LogP contribution in [0.2, 0.25) is 5.02 Å². The van der Waals surface area contributed by atoms with Crippen molar-refractivity contribution in [3.63, 3.8) is 0 Å². The Bertz CT molecular complexity index is 1060. The van der Waals surface area contributed by atoms with Gasteiger partial charge in [-0.25, -0.2) is 4.99 Å². The monoisotopic (exact) mass is 388 g/mol. The fraction of sp³-hybridized carbons (Fsp3) is 0.130. The summed E-state index contributed by atoms with van der Waals surface area (Å²) in [6.45, 7) is 2.07. The minimum atomic E-state index is 0.658. The Labute approximate surface area is 170 Å². The first kappa shape index (κ1) is 18.3. The Morgan fingerprint density at radius 2 is 1.54 bits per heavy atom. The Kier molecular flexibility index (Phi) is 4.88. The first-order valence-electron chi connectivity index (χ1n) is 9.08. The van der Waals surface area contributed by atoms with Crippen molar-refractivity contribution in [3.8, 4) is 0 Å². The number of amidine groups is 1. The molecule has 1 heterocycles. The number of aliphatic imine (C=N–C) groups is 1. The molecule has 1 aliphatic rings. The SMILES string of the molecule is Cc1ccc(C2=Nc3ccc(Cl)cc3C(c3ccc(N(C)C)cc3)=NN2)cc1. The van der Waals surface area contributed by atoms with Crippen LogP contribution in [0.15, 0.2) is 76.8 Å². The Balaban J connectivity index is 1.81. The summed E-state index contributed by atoms with van der Waals surface area (Å²) in [5, 5.41) is 5.35.